The molecule has 0 atom stereocenters. The summed E-state index contributed by atoms with van der Waals surface area (Å²) in [6.45, 7) is 0. The zero-order valence-corrected chi connectivity index (χ0v) is 12.7. The number of carbonyl (C=O) groups excluding carboxylic acids is 2. The lowest BCUT2D eigenvalue weighted by molar-refractivity contribution is 0.0832. The van der Waals surface area contributed by atoms with Gasteiger partial charge < -0.3 is 5.11 Å². The molecule has 120 valence electrons. The minimum Gasteiger partial charge on any atom is -0.507 e. The Balaban J connectivity index is 1.82. The minimum atomic E-state index is -2.37. The van der Waals surface area contributed by atoms with Gasteiger partial charge in [-0.3, -0.25) is 9.59 Å². The van der Waals surface area contributed by atoms with Crippen LogP contribution in [0.3, 0.4) is 0 Å². The monoisotopic (exact) mass is 322 g/mol. The molecule has 3 rings (SSSR count). The number of Topliss-reactive ketones (excluding diaryl/α,β-unsaturated/α-hetero) is 2. The summed E-state index contributed by atoms with van der Waals surface area (Å²) in [4.78, 5) is 24.7. The average molecular weight is 322 g/mol. The van der Waals surface area contributed by atoms with Crippen molar-refractivity contribution in [2.75, 3.05) is 0 Å². The van der Waals surface area contributed by atoms with E-state index < -0.39 is 17.4 Å². The molecule has 0 amide bonds. The number of aromatic hydroxyl groups is 1. The van der Waals surface area contributed by atoms with Gasteiger partial charge in [0.05, 0.1) is 11.5 Å². The number of alkyl halides is 1. The van der Waals surface area contributed by atoms with Gasteiger partial charge in [-0.05, 0) is 24.3 Å². The fourth-order valence-electron chi connectivity index (χ4n) is 2.60. The van der Waals surface area contributed by atoms with Gasteiger partial charge in [0.25, 0.3) is 0 Å². The van der Waals surface area contributed by atoms with Crippen LogP contribution in [0.25, 0.3) is 0 Å². The van der Waals surface area contributed by atoms with Crippen LogP contribution in [-0.2, 0) is 0 Å². The largest absolute Gasteiger partial charge is 0.507 e. The van der Waals surface area contributed by atoms with Crippen molar-refractivity contribution in [1.29, 1.82) is 0 Å². The third-order valence-electron chi connectivity index (χ3n) is 3.95. The van der Waals surface area contributed by atoms with E-state index in [0.717, 1.165) is 12.2 Å². The Kier molecular flexibility index (Phi) is 4.13. The lowest BCUT2D eigenvalue weighted by Gasteiger charge is -2.22. The van der Waals surface area contributed by atoms with Crippen molar-refractivity contribution >= 4 is 11.6 Å². The van der Waals surface area contributed by atoms with Gasteiger partial charge >= 0.3 is 0 Å². The lowest BCUT2D eigenvalue weighted by atomic mass is 9.85. The zero-order chi connectivity index (χ0) is 17.2. The Labute approximate surface area is 138 Å². The quantitative estimate of drug-likeness (QED) is 0.686. The number of rotatable bonds is 4. The summed E-state index contributed by atoms with van der Waals surface area (Å²) in [6, 6.07) is 14.5. The third kappa shape index (κ3) is 2.91. The molecule has 0 saturated heterocycles. The van der Waals surface area contributed by atoms with Gasteiger partial charge in [0.15, 0.2) is 5.78 Å². The maximum atomic E-state index is 14.9. The first kappa shape index (κ1) is 15.9. The van der Waals surface area contributed by atoms with Crippen LogP contribution in [0.15, 0.2) is 78.9 Å². The van der Waals surface area contributed by atoms with E-state index in [1.165, 1.54) is 24.3 Å². The molecule has 2 aromatic rings. The van der Waals surface area contributed by atoms with E-state index in [2.05, 4.69) is 0 Å². The van der Waals surface area contributed by atoms with Gasteiger partial charge in [0, 0.05) is 5.56 Å². The molecule has 0 unspecified atom stereocenters. The first-order valence-electron chi connectivity index (χ1n) is 7.51. The Morgan fingerprint density at radius 2 is 1.50 bits per heavy atom. The molecule has 0 saturated carbocycles. The number of allylic oxidation sites excluding steroid dienone is 4. The van der Waals surface area contributed by atoms with Crippen molar-refractivity contribution in [1.82, 2.24) is 0 Å². The Hall–Kier alpha value is -3.01. The number of hydrogen-bond acceptors (Lipinski definition) is 3. The molecule has 1 aliphatic rings. The van der Waals surface area contributed by atoms with Crippen LogP contribution in [0.1, 0.15) is 20.7 Å². The van der Waals surface area contributed by atoms with Crippen LogP contribution in [0.4, 0.5) is 4.39 Å². The van der Waals surface area contributed by atoms with Crippen LogP contribution in [0.2, 0.25) is 0 Å². The van der Waals surface area contributed by atoms with Gasteiger partial charge in [0.2, 0.25) is 11.5 Å². The van der Waals surface area contributed by atoms with Crippen LogP contribution in [0, 0.1) is 5.92 Å². The first-order valence-corrected chi connectivity index (χ1v) is 7.51. The fourth-order valence-corrected chi connectivity index (χ4v) is 2.60. The Bertz CT molecular complexity index is 823. The number of phenols is 1. The number of halogens is 1. The topological polar surface area (TPSA) is 54.4 Å². The summed E-state index contributed by atoms with van der Waals surface area (Å²) in [5.74, 6) is -1.92. The van der Waals surface area contributed by atoms with Gasteiger partial charge in [-0.15, -0.1) is 0 Å². The SMILES string of the molecule is O=C(c1ccccc1)C1C=CC(F)(C(=O)c2ccccc2O)C=C1. The van der Waals surface area contributed by atoms with E-state index in [0.29, 0.717) is 5.56 Å². The normalized spacial score (nSPS) is 22.3. The summed E-state index contributed by atoms with van der Waals surface area (Å²) in [5, 5.41) is 9.73. The molecule has 4 heteroatoms. The van der Waals surface area contributed by atoms with E-state index in [1.807, 2.05) is 0 Å². The summed E-state index contributed by atoms with van der Waals surface area (Å²) < 4.78 is 14.9. The lowest BCUT2D eigenvalue weighted by Crippen LogP contribution is -2.32. The molecule has 0 aromatic heterocycles. The summed E-state index contributed by atoms with van der Waals surface area (Å²) in [6.07, 6.45) is 4.92. The molecule has 0 radical (unpaired) electrons. The van der Waals surface area contributed by atoms with Gasteiger partial charge in [-0.25, -0.2) is 4.39 Å². The highest BCUT2D eigenvalue weighted by atomic mass is 19.1. The molecule has 3 nitrogen and oxygen atoms in total. The smallest absolute Gasteiger partial charge is 0.211 e. The Morgan fingerprint density at radius 1 is 0.917 bits per heavy atom. The maximum Gasteiger partial charge on any atom is 0.211 e. The summed E-state index contributed by atoms with van der Waals surface area (Å²) in [7, 11) is 0. The average Bonchev–Trinajstić information content (AvgIpc) is 2.62. The predicted molar refractivity (Wildman–Crippen MR) is 88.8 cm³/mol. The molecule has 0 aliphatic heterocycles. The van der Waals surface area contributed by atoms with Gasteiger partial charge in [-0.1, -0.05) is 54.6 Å². The van der Waals surface area contributed by atoms with Crippen LogP contribution < -0.4 is 0 Å². The molecular formula is C20H15FO3. The molecule has 24 heavy (non-hydrogen) atoms. The van der Waals surface area contributed by atoms with Crippen molar-refractivity contribution in [2.45, 2.75) is 5.67 Å². The maximum absolute atomic E-state index is 14.9. The summed E-state index contributed by atoms with van der Waals surface area (Å²) in [5.41, 5.74) is -1.94. The highest BCUT2D eigenvalue weighted by Crippen LogP contribution is 2.31. The van der Waals surface area contributed by atoms with Gasteiger partial charge in [-0.2, -0.15) is 0 Å². The van der Waals surface area contributed by atoms with Crippen LogP contribution >= 0.6 is 0 Å². The van der Waals surface area contributed by atoms with Crippen LogP contribution in [0.5, 0.6) is 5.75 Å². The first-order chi connectivity index (χ1) is 11.5. The molecule has 1 aliphatic carbocycles. The van der Waals surface area contributed by atoms with E-state index >= 15 is 0 Å². The minimum absolute atomic E-state index is 0.0952. The highest BCUT2D eigenvalue weighted by Gasteiger charge is 2.37. The number of phenolic OH excluding ortho intramolecular Hbond substituents is 1. The van der Waals surface area contributed by atoms with E-state index in [-0.39, 0.29) is 17.1 Å². The number of para-hydroxylation sites is 1. The molecular weight excluding hydrogens is 307 g/mol. The molecule has 0 spiro atoms. The van der Waals surface area contributed by atoms with E-state index in [9.17, 15) is 19.1 Å². The van der Waals surface area contributed by atoms with Crippen molar-refractivity contribution in [2.24, 2.45) is 5.92 Å². The summed E-state index contributed by atoms with van der Waals surface area (Å²) >= 11 is 0. The van der Waals surface area contributed by atoms with Gasteiger partial charge in [0.1, 0.15) is 5.75 Å². The third-order valence-corrected chi connectivity index (χ3v) is 3.95. The fraction of sp³-hybridized carbons (Fsp3) is 0.100. The second kappa shape index (κ2) is 6.24. The number of carbonyl (C=O) groups is 2. The van der Waals surface area contributed by atoms with Crippen molar-refractivity contribution < 1.29 is 19.1 Å². The van der Waals surface area contributed by atoms with E-state index in [1.54, 1.807) is 42.5 Å². The highest BCUT2D eigenvalue weighted by molar-refractivity contribution is 6.08. The predicted octanol–water partition coefficient (Wildman–Crippen LogP) is 3.91. The van der Waals surface area contributed by atoms with Crippen molar-refractivity contribution in [3.05, 3.63) is 90.0 Å². The number of benzene rings is 2. The van der Waals surface area contributed by atoms with E-state index in [4.69, 9.17) is 0 Å². The second-order valence-electron chi connectivity index (χ2n) is 5.59. The number of ketones is 2. The second-order valence-corrected chi connectivity index (χ2v) is 5.59. The zero-order valence-electron chi connectivity index (χ0n) is 12.7. The molecule has 0 fully saturated rings. The van der Waals surface area contributed by atoms with Crippen molar-refractivity contribution in [3.63, 3.8) is 0 Å². The van der Waals surface area contributed by atoms with Crippen LogP contribution in [-0.4, -0.2) is 22.3 Å². The molecule has 1 N–H and O–H groups in total. The molecule has 0 bridgehead atoms. The number of hydrogen-bond donors (Lipinski definition) is 1. The standard InChI is InChI=1S/C20H15FO3/c21-20(19(24)16-8-4-5-9-17(16)22)12-10-15(11-13-20)18(23)14-6-2-1-3-7-14/h1-13,15,22H. The van der Waals surface area contributed by atoms with Crippen molar-refractivity contribution in [3.8, 4) is 5.75 Å². The Morgan fingerprint density at radius 3 is 2.12 bits per heavy atom. The molecule has 0 heterocycles. The molecule has 2 aromatic carbocycles.